The Morgan fingerprint density at radius 1 is 1.03 bits per heavy atom. The van der Waals surface area contributed by atoms with Gasteiger partial charge in [-0.15, -0.1) is 0 Å². The normalized spacial score (nSPS) is 16.3. The van der Waals surface area contributed by atoms with Gasteiger partial charge in [0.1, 0.15) is 11.9 Å². The van der Waals surface area contributed by atoms with Crippen molar-refractivity contribution in [3.8, 4) is 0 Å². The number of hydrogen-bond acceptors (Lipinski definition) is 4. The average molecular weight is 451 g/mol. The summed E-state index contributed by atoms with van der Waals surface area (Å²) in [6.07, 6.45) is 16.5. The first-order valence-corrected chi connectivity index (χ1v) is 11.2. The van der Waals surface area contributed by atoms with Gasteiger partial charge in [0.15, 0.2) is 0 Å². The second-order valence-electron chi connectivity index (χ2n) is 8.08. The van der Waals surface area contributed by atoms with E-state index in [0.717, 1.165) is 45.9 Å². The minimum absolute atomic E-state index is 0.147. The summed E-state index contributed by atoms with van der Waals surface area (Å²) in [5.74, 6) is 0.817. The summed E-state index contributed by atoms with van der Waals surface area (Å²) in [5.41, 5.74) is 6.12. The molecule has 0 bridgehead atoms. The van der Waals surface area contributed by atoms with Crippen LogP contribution in [0, 0.1) is 0 Å². The van der Waals surface area contributed by atoms with Crippen LogP contribution in [-0.2, 0) is 16.1 Å². The number of hydrogen-bond donors (Lipinski definition) is 2. The van der Waals surface area contributed by atoms with Crippen molar-refractivity contribution >= 4 is 29.1 Å². The lowest BCUT2D eigenvalue weighted by molar-refractivity contribution is 0.0266. The van der Waals surface area contributed by atoms with E-state index in [-0.39, 0.29) is 6.10 Å². The highest BCUT2D eigenvalue weighted by Gasteiger charge is 2.20. The highest BCUT2D eigenvalue weighted by atomic mass is 16.5. The molecule has 3 aromatic heterocycles. The summed E-state index contributed by atoms with van der Waals surface area (Å²) in [7, 11) is 1.67. The molecule has 1 atom stereocenters. The van der Waals surface area contributed by atoms with Crippen molar-refractivity contribution in [2.45, 2.75) is 19.1 Å². The molecule has 0 amide bonds. The summed E-state index contributed by atoms with van der Waals surface area (Å²) in [5, 5.41) is 8.69. The maximum absolute atomic E-state index is 6.09. The van der Waals surface area contributed by atoms with E-state index in [1.807, 2.05) is 48.7 Å². The maximum Gasteiger partial charge on any atom is 0.125 e. The Morgan fingerprint density at radius 3 is 2.88 bits per heavy atom. The summed E-state index contributed by atoms with van der Waals surface area (Å²) in [6.45, 7) is 0.440. The summed E-state index contributed by atoms with van der Waals surface area (Å²) in [6, 6.07) is 16.3. The molecule has 6 nitrogen and oxygen atoms in total. The lowest BCUT2D eigenvalue weighted by Gasteiger charge is -2.23. The fourth-order valence-corrected chi connectivity index (χ4v) is 3.88. The highest BCUT2D eigenvalue weighted by Crippen LogP contribution is 2.25. The number of benzene rings is 1. The minimum atomic E-state index is -0.147. The van der Waals surface area contributed by atoms with E-state index in [9.17, 15) is 0 Å². The Morgan fingerprint density at radius 2 is 2.00 bits per heavy atom. The van der Waals surface area contributed by atoms with Gasteiger partial charge in [0, 0.05) is 24.3 Å². The fourth-order valence-electron chi connectivity index (χ4n) is 3.88. The molecule has 1 unspecified atom stereocenters. The van der Waals surface area contributed by atoms with Crippen LogP contribution in [-0.4, -0.2) is 33.4 Å². The third-order valence-electron chi connectivity index (χ3n) is 5.71. The molecule has 1 aliphatic carbocycles. The molecule has 34 heavy (non-hydrogen) atoms. The molecule has 4 aromatic rings. The Labute approximate surface area is 198 Å². The molecule has 0 saturated heterocycles. The summed E-state index contributed by atoms with van der Waals surface area (Å²) >= 11 is 0. The van der Waals surface area contributed by atoms with Gasteiger partial charge in [0.2, 0.25) is 0 Å². The molecule has 2 N–H and O–H groups in total. The van der Waals surface area contributed by atoms with Crippen molar-refractivity contribution in [1.82, 2.24) is 20.2 Å². The van der Waals surface area contributed by atoms with E-state index in [2.05, 4.69) is 62.7 Å². The molecule has 0 spiro atoms. The number of aromatic nitrogens is 4. The van der Waals surface area contributed by atoms with Gasteiger partial charge >= 0.3 is 0 Å². The van der Waals surface area contributed by atoms with Crippen LogP contribution in [0.25, 0.3) is 29.1 Å². The predicted octanol–water partition coefficient (Wildman–Crippen LogP) is 5.92. The molecule has 5 rings (SSSR count). The molecule has 0 saturated carbocycles. The number of nitrogens with one attached hydrogen (secondary N) is 2. The van der Waals surface area contributed by atoms with E-state index < -0.39 is 0 Å². The van der Waals surface area contributed by atoms with Crippen LogP contribution < -0.4 is 0 Å². The molecule has 0 aliphatic heterocycles. The maximum atomic E-state index is 6.09. The Balaban J connectivity index is 1.21. The summed E-state index contributed by atoms with van der Waals surface area (Å²) < 4.78 is 11.6. The molecular formula is C28H26N4O2. The molecule has 1 aromatic carbocycles. The minimum Gasteiger partial charge on any atom is -0.498 e. The molecule has 6 heteroatoms. The molecule has 1 aliphatic rings. The van der Waals surface area contributed by atoms with Gasteiger partial charge in [-0.1, -0.05) is 36.4 Å². The van der Waals surface area contributed by atoms with Crippen LogP contribution in [0.4, 0.5) is 0 Å². The van der Waals surface area contributed by atoms with Crippen molar-refractivity contribution in [3.05, 3.63) is 113 Å². The molecule has 3 heterocycles. The number of fused-ring (bicyclic) bond motifs is 1. The van der Waals surface area contributed by atoms with Crippen LogP contribution in [0.1, 0.15) is 29.1 Å². The highest BCUT2D eigenvalue weighted by molar-refractivity contribution is 5.83. The van der Waals surface area contributed by atoms with Gasteiger partial charge in [-0.05, 0) is 65.1 Å². The Hall–Kier alpha value is -4.16. The molecular weight excluding hydrogens is 424 g/mol. The third-order valence-corrected chi connectivity index (χ3v) is 5.71. The largest absolute Gasteiger partial charge is 0.498 e. The Kier molecular flexibility index (Phi) is 6.49. The number of rotatable bonds is 8. The van der Waals surface area contributed by atoms with Gasteiger partial charge in [0.05, 0.1) is 30.8 Å². The number of allylic oxidation sites excluding steroid dienone is 3. The molecule has 170 valence electrons. The zero-order valence-corrected chi connectivity index (χ0v) is 18.9. The number of ether oxygens (including phenoxy) is 2. The number of H-pyrrole nitrogens is 2. The van der Waals surface area contributed by atoms with Crippen molar-refractivity contribution in [1.29, 1.82) is 0 Å². The van der Waals surface area contributed by atoms with Crippen LogP contribution in [0.15, 0.2) is 90.5 Å². The van der Waals surface area contributed by atoms with Gasteiger partial charge in [-0.2, -0.15) is 5.10 Å². The van der Waals surface area contributed by atoms with Crippen molar-refractivity contribution < 1.29 is 9.47 Å². The topological polar surface area (TPSA) is 75.8 Å². The number of nitrogens with zero attached hydrogens (tertiary/aromatic N) is 2. The van der Waals surface area contributed by atoms with Crippen molar-refractivity contribution in [2.24, 2.45) is 0 Å². The zero-order valence-electron chi connectivity index (χ0n) is 18.9. The SMILES string of the molecule is COC1=CC=C(/C=C/c2cc(/C=C/c3ccc4cc[nH]c4c3)[nH]n2)CC1OCc1ccccn1. The van der Waals surface area contributed by atoms with E-state index in [1.54, 1.807) is 13.3 Å². The number of pyridine rings is 1. The average Bonchev–Trinajstić information content (AvgIpc) is 3.54. The van der Waals surface area contributed by atoms with Crippen molar-refractivity contribution in [2.75, 3.05) is 7.11 Å². The van der Waals surface area contributed by atoms with E-state index in [1.165, 1.54) is 5.39 Å². The second kappa shape index (κ2) is 10.2. The van der Waals surface area contributed by atoms with Crippen LogP contribution >= 0.6 is 0 Å². The number of aromatic amines is 2. The van der Waals surface area contributed by atoms with Gasteiger partial charge in [-0.3, -0.25) is 10.1 Å². The van der Waals surface area contributed by atoms with Gasteiger partial charge < -0.3 is 14.5 Å². The fraction of sp³-hybridized carbons (Fsp3) is 0.143. The Bertz CT molecular complexity index is 1380. The van der Waals surface area contributed by atoms with Gasteiger partial charge in [-0.25, -0.2) is 0 Å². The first-order chi connectivity index (χ1) is 16.8. The first kappa shape index (κ1) is 21.7. The number of methoxy groups -OCH3 is 1. The predicted molar refractivity (Wildman–Crippen MR) is 135 cm³/mol. The monoisotopic (exact) mass is 450 g/mol. The van der Waals surface area contributed by atoms with E-state index in [0.29, 0.717) is 6.61 Å². The van der Waals surface area contributed by atoms with E-state index in [4.69, 9.17) is 9.47 Å². The first-order valence-electron chi connectivity index (χ1n) is 11.2. The third kappa shape index (κ3) is 5.24. The smallest absolute Gasteiger partial charge is 0.125 e. The van der Waals surface area contributed by atoms with Crippen LogP contribution in [0.3, 0.4) is 0 Å². The second-order valence-corrected chi connectivity index (χ2v) is 8.08. The summed E-state index contributed by atoms with van der Waals surface area (Å²) in [4.78, 5) is 7.57. The van der Waals surface area contributed by atoms with Gasteiger partial charge in [0.25, 0.3) is 0 Å². The molecule has 0 fully saturated rings. The standard InChI is InChI=1S/C28H26N4O2/c1-33-27-12-8-21(17-28(27)34-19-25-4-2-3-14-29-25)7-11-24-18-23(31-32-24)10-6-20-5-9-22-13-15-30-26(22)16-20/h2-16,18,28,30H,17,19H2,1H3,(H,31,32)/b10-6+,11-7+. The molecule has 0 radical (unpaired) electrons. The van der Waals surface area contributed by atoms with Crippen molar-refractivity contribution in [3.63, 3.8) is 0 Å². The van der Waals surface area contributed by atoms with Crippen LogP contribution in [0.5, 0.6) is 0 Å². The van der Waals surface area contributed by atoms with Crippen LogP contribution in [0.2, 0.25) is 0 Å². The lowest BCUT2D eigenvalue weighted by atomic mass is 10.00. The lowest BCUT2D eigenvalue weighted by Crippen LogP contribution is -2.20. The van der Waals surface area contributed by atoms with E-state index >= 15 is 0 Å². The quantitative estimate of drug-likeness (QED) is 0.350. The zero-order chi connectivity index (χ0) is 23.2.